The largest absolute Gasteiger partial charge is 0.379 e. The molecule has 6 aliphatic carbocycles. The molecule has 15 rings (SSSR count). The number of rotatable bonds is 6. The quantitative estimate of drug-likeness (QED) is 0.119. The van der Waals surface area contributed by atoms with E-state index in [2.05, 4.69) is 293 Å². The molecule has 1 aliphatic heterocycles. The van der Waals surface area contributed by atoms with E-state index in [0.29, 0.717) is 23.1 Å². The van der Waals surface area contributed by atoms with Gasteiger partial charge in [0.2, 0.25) is 0 Å². The van der Waals surface area contributed by atoms with Gasteiger partial charge in [0.25, 0.3) is 0 Å². The Kier molecular flexibility index (Phi) is 22.3. The molecule has 0 bridgehead atoms. The minimum absolute atomic E-state index is 0.103. The summed E-state index contributed by atoms with van der Waals surface area (Å²) in [5.41, 5.74) is 54.0. The Morgan fingerprint density at radius 2 is 0.832 bits per heavy atom. The van der Waals surface area contributed by atoms with Gasteiger partial charge in [-0.05, 0) is 312 Å². The first-order valence-corrected chi connectivity index (χ1v) is 44.9. The van der Waals surface area contributed by atoms with E-state index < -0.39 is 7.38 Å². The number of hydrogen-bond donors (Lipinski definition) is 0. The predicted octanol–water partition coefficient (Wildman–Crippen LogP) is 26.9. The zero-order chi connectivity index (χ0) is 73.2. The maximum atomic E-state index is 7.02. The van der Waals surface area contributed by atoms with Crippen LogP contribution in [0.15, 0.2) is 119 Å². The highest BCUT2D eigenvalue weighted by Crippen LogP contribution is 2.52. The molecule has 1 heterocycles. The van der Waals surface area contributed by atoms with Crippen LogP contribution in [0.5, 0.6) is 0 Å². The minimum Gasteiger partial charge on any atom is -0.379 e. The molecule has 530 valence electrons. The second-order valence-corrected chi connectivity index (χ2v) is 43.0. The first-order chi connectivity index (χ1) is 47.5. The zero-order valence-corrected chi connectivity index (χ0v) is 70.1. The summed E-state index contributed by atoms with van der Waals surface area (Å²) in [6.45, 7) is 57.9. The fraction of sp³-hybridized carbons (Fsp3) is 0.423. The average molecular weight is 1390 g/mol. The molecule has 0 N–H and O–H groups in total. The Morgan fingerprint density at radius 1 is 0.426 bits per heavy atom. The number of aryl methyl sites for hydroxylation is 10. The SMILES string of the molecule is CC1=Cc2c(cc(C(C)(C)C)c(C)c2-c2cc(C)cc(C)c2)C1[Si](C)(C)Cl.CC1=Cc2c(cc3c(c2-c2cc(C)cc(C)c2)CCC3)C1C.CC1=Cc2cc3c(c(-c4cc(C)cc(C)c4)c2C1)CCC3.CC1CCCO1.C[SiH2]C1C(C)=Cc2c1cc(C(C)(C)C)c(C)c2-c1cc(C)cc(C)c1. The van der Waals surface area contributed by atoms with Crippen molar-refractivity contribution in [1.82, 2.24) is 0 Å². The maximum absolute atomic E-state index is 7.02. The van der Waals surface area contributed by atoms with E-state index in [-0.39, 0.29) is 20.3 Å². The molecule has 8 aromatic carbocycles. The third kappa shape index (κ3) is 16.1. The number of hydrogen-bond acceptors (Lipinski definition) is 1. The molecule has 8 aromatic rings. The van der Waals surface area contributed by atoms with Gasteiger partial charge in [0.1, 0.15) is 0 Å². The highest BCUT2D eigenvalue weighted by Gasteiger charge is 2.40. The Morgan fingerprint density at radius 3 is 1.26 bits per heavy atom. The Bertz CT molecular complexity index is 4590. The van der Waals surface area contributed by atoms with Gasteiger partial charge in [0.05, 0.1) is 6.10 Å². The van der Waals surface area contributed by atoms with Gasteiger partial charge in [-0.15, -0.1) is 0 Å². The van der Waals surface area contributed by atoms with Crippen LogP contribution in [0.25, 0.3) is 68.8 Å². The molecule has 0 spiro atoms. The van der Waals surface area contributed by atoms with Gasteiger partial charge in [-0.1, -0.05) is 256 Å². The second kappa shape index (κ2) is 29.9. The molecule has 4 unspecified atom stereocenters. The molecule has 1 saturated heterocycles. The zero-order valence-electron chi connectivity index (χ0n) is 66.9. The van der Waals surface area contributed by atoms with E-state index in [9.17, 15) is 0 Å². The van der Waals surface area contributed by atoms with E-state index in [4.69, 9.17) is 15.8 Å². The van der Waals surface area contributed by atoms with Crippen LogP contribution in [-0.4, -0.2) is 29.6 Å². The van der Waals surface area contributed by atoms with Crippen LogP contribution in [0, 0.1) is 69.2 Å². The van der Waals surface area contributed by atoms with Gasteiger partial charge in [-0.2, -0.15) is 11.1 Å². The minimum atomic E-state index is -1.88. The summed E-state index contributed by atoms with van der Waals surface area (Å²) >= 11 is 7.02. The number of halogens is 1. The lowest BCUT2D eigenvalue weighted by molar-refractivity contribution is 0.125. The predicted molar refractivity (Wildman–Crippen MR) is 451 cm³/mol. The molecule has 7 aliphatic rings. The van der Waals surface area contributed by atoms with Gasteiger partial charge in [0.15, 0.2) is 7.38 Å². The van der Waals surface area contributed by atoms with Crippen molar-refractivity contribution < 1.29 is 4.74 Å². The lowest BCUT2D eigenvalue weighted by Crippen LogP contribution is -2.28. The third-order valence-electron chi connectivity index (χ3n) is 23.1. The normalized spacial score (nSPS) is 18.4. The van der Waals surface area contributed by atoms with Crippen LogP contribution in [0.3, 0.4) is 0 Å². The molecule has 1 nitrogen and oxygen atoms in total. The smallest absolute Gasteiger partial charge is 0.161 e. The molecule has 1 fully saturated rings. The van der Waals surface area contributed by atoms with Gasteiger partial charge in [0, 0.05) is 27.6 Å². The van der Waals surface area contributed by atoms with E-state index >= 15 is 0 Å². The first-order valence-electron chi connectivity index (χ1n) is 38.6. The molecule has 0 saturated carbocycles. The Hall–Kier alpha value is -6.60. The number of allylic oxidation sites excluding steroid dienone is 4. The van der Waals surface area contributed by atoms with E-state index in [1.165, 1.54) is 202 Å². The highest BCUT2D eigenvalue weighted by atomic mass is 35.6. The van der Waals surface area contributed by atoms with Gasteiger partial charge in [-0.3, -0.25) is 0 Å². The summed E-state index contributed by atoms with van der Waals surface area (Å²) < 4.78 is 5.15. The highest BCUT2D eigenvalue weighted by molar-refractivity contribution is 7.20. The monoisotopic (exact) mass is 1390 g/mol. The van der Waals surface area contributed by atoms with Gasteiger partial charge < -0.3 is 4.74 Å². The molecular weight excluding hydrogens is 1270 g/mol. The summed E-state index contributed by atoms with van der Waals surface area (Å²) in [6, 6.07) is 37.9. The van der Waals surface area contributed by atoms with E-state index in [1.54, 1.807) is 50.1 Å². The van der Waals surface area contributed by atoms with Crippen molar-refractivity contribution in [2.75, 3.05) is 6.61 Å². The third-order valence-corrected chi connectivity index (χ3v) is 27.8. The first kappa shape index (κ1) is 75.6. The number of ether oxygens (including phenoxy) is 1. The van der Waals surface area contributed by atoms with Crippen LogP contribution >= 0.6 is 11.1 Å². The Labute approximate surface area is 620 Å². The van der Waals surface area contributed by atoms with E-state index in [0.717, 1.165) is 13.0 Å². The summed E-state index contributed by atoms with van der Waals surface area (Å²) in [5.74, 6) is 0.575. The van der Waals surface area contributed by atoms with Gasteiger partial charge in [-0.25, -0.2) is 0 Å². The number of fused-ring (bicyclic) bond motifs is 6. The van der Waals surface area contributed by atoms with Gasteiger partial charge >= 0.3 is 0 Å². The fourth-order valence-corrected chi connectivity index (χ4v) is 23.4. The molecule has 0 radical (unpaired) electrons. The summed E-state index contributed by atoms with van der Waals surface area (Å²) in [5, 5.41) is 0. The van der Waals surface area contributed by atoms with Crippen LogP contribution in [-0.2, 0) is 47.7 Å². The van der Waals surface area contributed by atoms with Crippen molar-refractivity contribution in [2.45, 2.75) is 264 Å². The lowest BCUT2D eigenvalue weighted by Gasteiger charge is -2.30. The topological polar surface area (TPSA) is 9.23 Å². The van der Waals surface area contributed by atoms with Crippen molar-refractivity contribution in [3.8, 4) is 44.5 Å². The fourth-order valence-electron chi connectivity index (χ4n) is 18.9. The van der Waals surface area contributed by atoms with Crippen molar-refractivity contribution in [3.63, 3.8) is 0 Å². The summed E-state index contributed by atoms with van der Waals surface area (Å²) in [6.07, 6.45) is 21.6. The van der Waals surface area contributed by atoms with Crippen molar-refractivity contribution in [2.24, 2.45) is 0 Å². The molecule has 101 heavy (non-hydrogen) atoms. The van der Waals surface area contributed by atoms with Crippen molar-refractivity contribution >= 4 is 52.3 Å². The van der Waals surface area contributed by atoms with Crippen molar-refractivity contribution in [1.29, 1.82) is 0 Å². The Balaban J connectivity index is 0.000000132. The van der Waals surface area contributed by atoms with Crippen LogP contribution in [0.4, 0.5) is 0 Å². The standard InChI is InChI=1S/C25H33ClSi.C24H32Si.C22H24.C21H22.C5H10O/c1-15-10-16(2)12-19(11-15)23-18(4)22(25(5,6)7)14-21-20(23)13-17(3)24(21)27(8,9)26;1-14-9-15(2)11-18(10-14)22-17(4)21(24(5,6)7)13-20-19(22)12-16(3)23(20)25-8;1-13-8-14(2)10-18(9-13)22-19-7-5-6-17(19)12-20-16(4)15(3)11-21(20)22;1-13-7-14(2)10-18(9-13)21-19-6-4-5-16(19)12-17-8-15(3)11-20(17)21;1-5-3-2-4-6-5/h10-14,24H,1-9H3;9-13,23H,25H2,1-8H3;8-12,16H,5-7H2,1-4H3;7-10,12H,4-6,11H2,1-3H3;5H,2-4H2,1H3. The summed E-state index contributed by atoms with van der Waals surface area (Å²) in [7, 11) is -2.00. The second-order valence-electron chi connectivity index (χ2n) is 34.8. The molecule has 4 atom stereocenters. The molecular formula is C97H121ClOSi2. The number of benzene rings is 8. The van der Waals surface area contributed by atoms with Crippen LogP contribution in [0.2, 0.25) is 19.6 Å². The maximum Gasteiger partial charge on any atom is 0.161 e. The average Bonchev–Trinajstić information content (AvgIpc) is 1.66. The van der Waals surface area contributed by atoms with E-state index in [1.807, 2.05) is 0 Å². The molecule has 4 heteroatoms. The lowest BCUT2D eigenvalue weighted by atomic mass is 9.78. The molecule has 0 aromatic heterocycles. The van der Waals surface area contributed by atoms with Crippen molar-refractivity contribution in [3.05, 3.63) is 253 Å². The molecule has 0 amide bonds. The van der Waals surface area contributed by atoms with Crippen LogP contribution < -0.4 is 0 Å². The van der Waals surface area contributed by atoms with Crippen LogP contribution in [0.1, 0.15) is 259 Å². The summed E-state index contributed by atoms with van der Waals surface area (Å²) in [4.78, 5) is 0.